The maximum atomic E-state index is 13.1. The Morgan fingerprint density at radius 3 is 2.36 bits per heavy atom. The molecule has 1 aliphatic heterocycles. The summed E-state index contributed by atoms with van der Waals surface area (Å²) in [6.07, 6.45) is -5.55. The second-order valence-electron chi connectivity index (χ2n) is 5.45. The molecule has 1 atom stereocenters. The fourth-order valence-electron chi connectivity index (χ4n) is 2.64. The molecule has 2 aromatic carbocycles. The summed E-state index contributed by atoms with van der Waals surface area (Å²) in [5.41, 5.74) is -0.302. The molecule has 0 saturated carbocycles. The first-order chi connectivity index (χ1) is 11.8. The third-order valence-corrected chi connectivity index (χ3v) is 3.83. The normalized spacial score (nSPS) is 17.6. The van der Waals surface area contributed by atoms with E-state index in [1.54, 1.807) is 0 Å². The van der Waals surface area contributed by atoms with Crippen LogP contribution in [0, 0.1) is 5.82 Å². The van der Waals surface area contributed by atoms with Gasteiger partial charge < -0.3 is 10.1 Å². The molecule has 25 heavy (non-hydrogen) atoms. The van der Waals surface area contributed by atoms with Gasteiger partial charge in [0.2, 0.25) is 5.78 Å². The largest absolute Gasteiger partial charge is 0.462 e. The Bertz CT molecular complexity index is 841. The summed E-state index contributed by atoms with van der Waals surface area (Å²) in [4.78, 5) is 12.7. The van der Waals surface area contributed by atoms with E-state index in [0.29, 0.717) is 5.56 Å². The van der Waals surface area contributed by atoms with Crippen LogP contribution in [-0.2, 0) is 15.7 Å². The van der Waals surface area contributed by atoms with Crippen molar-refractivity contribution < 1.29 is 27.1 Å². The lowest BCUT2D eigenvalue weighted by Crippen LogP contribution is -2.10. The highest BCUT2D eigenvalue weighted by Crippen LogP contribution is 2.38. The van der Waals surface area contributed by atoms with Gasteiger partial charge in [-0.15, -0.1) is 0 Å². The number of halogens is 4. The van der Waals surface area contributed by atoms with Crippen molar-refractivity contribution >= 4 is 11.4 Å². The van der Waals surface area contributed by atoms with Crippen molar-refractivity contribution in [1.29, 1.82) is 0 Å². The average molecular weight is 351 g/mol. The predicted octanol–water partition coefficient (Wildman–Crippen LogP) is 4.07. The third-order valence-electron chi connectivity index (χ3n) is 3.83. The number of nitrogens with one attached hydrogen (secondary N) is 1. The summed E-state index contributed by atoms with van der Waals surface area (Å²) in [6, 6.07) is 9.66. The van der Waals surface area contributed by atoms with Crippen molar-refractivity contribution in [2.24, 2.45) is 0 Å². The van der Waals surface area contributed by atoms with Crippen LogP contribution >= 0.6 is 0 Å². The van der Waals surface area contributed by atoms with Crippen molar-refractivity contribution in [3.05, 3.63) is 76.9 Å². The lowest BCUT2D eigenvalue weighted by molar-refractivity contribution is -0.137. The number of hydrogen-bond donors (Lipinski definition) is 1. The fraction of sp³-hybridized carbons (Fsp3) is 0.167. The number of hydrogen-bond acceptors (Lipinski definition) is 3. The first-order valence-corrected chi connectivity index (χ1v) is 7.37. The summed E-state index contributed by atoms with van der Waals surface area (Å²) >= 11 is 0. The van der Waals surface area contributed by atoms with E-state index in [2.05, 4.69) is 5.32 Å². The van der Waals surface area contributed by atoms with Crippen LogP contribution in [0.25, 0.3) is 5.57 Å². The number of carbonyl (C=O) groups is 1. The van der Waals surface area contributed by atoms with E-state index in [-0.39, 0.29) is 17.0 Å². The zero-order valence-electron chi connectivity index (χ0n) is 13.0. The third kappa shape index (κ3) is 3.22. The van der Waals surface area contributed by atoms with Gasteiger partial charge in [-0.1, -0.05) is 24.3 Å². The Balaban J connectivity index is 2.00. The molecule has 0 fully saturated rings. The van der Waals surface area contributed by atoms with Crippen molar-refractivity contribution in [2.75, 3.05) is 7.05 Å². The first-order valence-electron chi connectivity index (χ1n) is 7.37. The van der Waals surface area contributed by atoms with Crippen molar-refractivity contribution in [2.45, 2.75) is 12.3 Å². The molecular weight excluding hydrogens is 338 g/mol. The van der Waals surface area contributed by atoms with Gasteiger partial charge in [-0.2, -0.15) is 13.2 Å². The molecule has 0 radical (unpaired) electrons. The van der Waals surface area contributed by atoms with E-state index < -0.39 is 29.4 Å². The van der Waals surface area contributed by atoms with Crippen LogP contribution in [0.15, 0.2) is 54.4 Å². The summed E-state index contributed by atoms with van der Waals surface area (Å²) in [5, 5.41) is 2.69. The summed E-state index contributed by atoms with van der Waals surface area (Å²) in [7, 11) is 1.50. The van der Waals surface area contributed by atoms with E-state index in [1.807, 2.05) is 0 Å². The van der Waals surface area contributed by atoms with Gasteiger partial charge in [-0.3, -0.25) is 4.79 Å². The standard InChI is InChI=1S/C18H13F4NO2/c1-23-17-14(11-3-2-4-12(9-11)18(20,21)22)15(24)16(25-17)10-5-7-13(19)8-6-10/h2-9,16,23H,1H3. The number of carbonyl (C=O) groups excluding carboxylic acids is 1. The van der Waals surface area contributed by atoms with E-state index in [1.165, 1.54) is 43.4 Å². The van der Waals surface area contributed by atoms with Gasteiger partial charge in [-0.05, 0) is 29.8 Å². The summed E-state index contributed by atoms with van der Waals surface area (Å²) in [6.45, 7) is 0. The molecule has 0 amide bonds. The van der Waals surface area contributed by atoms with Gasteiger partial charge in [-0.25, -0.2) is 4.39 Å². The zero-order valence-corrected chi connectivity index (χ0v) is 13.0. The van der Waals surface area contributed by atoms with Crippen LogP contribution in [0.3, 0.4) is 0 Å². The maximum Gasteiger partial charge on any atom is 0.416 e. The molecular formula is C18H13F4NO2. The zero-order chi connectivity index (χ0) is 18.2. The number of ether oxygens (including phenoxy) is 1. The molecule has 1 N–H and O–H groups in total. The van der Waals surface area contributed by atoms with Crippen LogP contribution in [-0.4, -0.2) is 12.8 Å². The van der Waals surface area contributed by atoms with Crippen molar-refractivity contribution in [3.8, 4) is 0 Å². The fourth-order valence-corrected chi connectivity index (χ4v) is 2.64. The van der Waals surface area contributed by atoms with Crippen LogP contribution in [0.5, 0.6) is 0 Å². The quantitative estimate of drug-likeness (QED) is 0.847. The van der Waals surface area contributed by atoms with Gasteiger partial charge in [0.25, 0.3) is 0 Å². The van der Waals surface area contributed by atoms with Crippen LogP contribution in [0.1, 0.15) is 22.8 Å². The highest BCUT2D eigenvalue weighted by molar-refractivity contribution is 6.25. The molecule has 1 aliphatic rings. The number of ketones is 1. The smallest absolute Gasteiger partial charge is 0.416 e. The molecule has 1 heterocycles. The first kappa shape index (κ1) is 17.0. The minimum Gasteiger partial charge on any atom is -0.462 e. The molecule has 130 valence electrons. The summed E-state index contributed by atoms with van der Waals surface area (Å²) in [5.74, 6) is -0.872. The van der Waals surface area contributed by atoms with Crippen molar-refractivity contribution in [3.63, 3.8) is 0 Å². The van der Waals surface area contributed by atoms with E-state index in [4.69, 9.17) is 4.74 Å². The molecule has 3 rings (SSSR count). The predicted molar refractivity (Wildman–Crippen MR) is 82.7 cm³/mol. The Hall–Kier alpha value is -2.83. The molecule has 7 heteroatoms. The minimum atomic E-state index is -4.52. The Labute approximate surface area is 140 Å². The molecule has 3 nitrogen and oxygen atoms in total. The van der Waals surface area contributed by atoms with Crippen LogP contribution in [0.4, 0.5) is 17.6 Å². The SMILES string of the molecule is CNC1=C(c2cccc(C(F)(F)F)c2)C(=O)C(c2ccc(F)cc2)O1. The van der Waals surface area contributed by atoms with Gasteiger partial charge in [0.05, 0.1) is 11.1 Å². The summed E-state index contributed by atoms with van der Waals surface area (Å²) < 4.78 is 57.4. The van der Waals surface area contributed by atoms with E-state index in [0.717, 1.165) is 12.1 Å². The molecule has 0 saturated heterocycles. The van der Waals surface area contributed by atoms with Crippen LogP contribution < -0.4 is 5.32 Å². The lowest BCUT2D eigenvalue weighted by Gasteiger charge is -2.11. The molecule has 2 aromatic rings. The highest BCUT2D eigenvalue weighted by atomic mass is 19.4. The molecule has 0 aromatic heterocycles. The van der Waals surface area contributed by atoms with Crippen LogP contribution in [0.2, 0.25) is 0 Å². The van der Waals surface area contributed by atoms with Gasteiger partial charge in [0, 0.05) is 12.6 Å². The monoisotopic (exact) mass is 351 g/mol. The number of Topliss-reactive ketones (excluding diaryl/α,β-unsaturated/α-hetero) is 1. The Morgan fingerprint density at radius 2 is 1.76 bits per heavy atom. The average Bonchev–Trinajstić information content (AvgIpc) is 2.91. The van der Waals surface area contributed by atoms with Gasteiger partial charge >= 0.3 is 6.18 Å². The molecule has 0 aliphatic carbocycles. The maximum absolute atomic E-state index is 13.1. The second-order valence-corrected chi connectivity index (χ2v) is 5.45. The second kappa shape index (κ2) is 6.23. The highest BCUT2D eigenvalue weighted by Gasteiger charge is 2.38. The van der Waals surface area contributed by atoms with E-state index in [9.17, 15) is 22.4 Å². The molecule has 0 spiro atoms. The van der Waals surface area contributed by atoms with Crippen molar-refractivity contribution in [1.82, 2.24) is 5.32 Å². The number of rotatable bonds is 3. The topological polar surface area (TPSA) is 38.3 Å². The molecule has 1 unspecified atom stereocenters. The number of benzene rings is 2. The van der Waals surface area contributed by atoms with Gasteiger partial charge in [0.1, 0.15) is 5.82 Å². The van der Waals surface area contributed by atoms with E-state index >= 15 is 0 Å². The Morgan fingerprint density at radius 1 is 1.08 bits per heavy atom. The number of alkyl halides is 3. The van der Waals surface area contributed by atoms with Gasteiger partial charge in [0.15, 0.2) is 12.0 Å². The Kier molecular flexibility index (Phi) is 4.24. The lowest BCUT2D eigenvalue weighted by atomic mass is 9.96. The molecule has 0 bridgehead atoms. The minimum absolute atomic E-state index is 0.0305.